The first kappa shape index (κ1) is 21.6. The molecule has 0 bridgehead atoms. The van der Waals surface area contributed by atoms with Gasteiger partial charge in [-0.1, -0.05) is 19.3 Å². The lowest BCUT2D eigenvalue weighted by molar-refractivity contribution is -0.0352. The van der Waals surface area contributed by atoms with E-state index < -0.39 is 10.8 Å². The van der Waals surface area contributed by atoms with Crippen LogP contribution < -0.4 is 10.6 Å². The van der Waals surface area contributed by atoms with E-state index in [4.69, 9.17) is 4.74 Å². The van der Waals surface area contributed by atoms with Crippen molar-refractivity contribution in [3.63, 3.8) is 0 Å². The summed E-state index contributed by atoms with van der Waals surface area (Å²) in [5.41, 5.74) is 0.216. The highest BCUT2D eigenvalue weighted by molar-refractivity contribution is 7.86. The van der Waals surface area contributed by atoms with Crippen LogP contribution in [0.15, 0.2) is 4.99 Å². The van der Waals surface area contributed by atoms with Crippen molar-refractivity contribution in [2.75, 3.05) is 52.2 Å². The molecule has 152 valence electrons. The van der Waals surface area contributed by atoms with Crippen molar-refractivity contribution in [1.29, 1.82) is 0 Å². The van der Waals surface area contributed by atoms with E-state index in [0.29, 0.717) is 12.3 Å². The molecule has 1 unspecified atom stereocenters. The lowest BCUT2D eigenvalue weighted by atomic mass is 9.80. The number of aliphatic imine (C=N–C) groups is 1. The molecule has 1 saturated carbocycles. The van der Waals surface area contributed by atoms with Crippen LogP contribution in [0.4, 0.5) is 0 Å². The van der Waals surface area contributed by atoms with E-state index in [-0.39, 0.29) is 10.3 Å². The second-order valence-electron chi connectivity index (χ2n) is 8.40. The normalized spacial score (nSPS) is 23.5. The molecule has 1 heterocycles. The van der Waals surface area contributed by atoms with Crippen molar-refractivity contribution in [2.24, 2.45) is 4.99 Å². The van der Waals surface area contributed by atoms with E-state index in [2.05, 4.69) is 20.5 Å². The molecular weight excluding hydrogens is 348 g/mol. The van der Waals surface area contributed by atoms with Crippen molar-refractivity contribution in [2.45, 2.75) is 63.2 Å². The number of morpholine rings is 1. The van der Waals surface area contributed by atoms with Gasteiger partial charge >= 0.3 is 0 Å². The van der Waals surface area contributed by atoms with Crippen LogP contribution in [0, 0.1) is 0 Å². The third-order valence-corrected chi connectivity index (χ3v) is 7.48. The Kier molecular flexibility index (Phi) is 8.36. The highest BCUT2D eigenvalue weighted by atomic mass is 32.2. The Morgan fingerprint density at radius 1 is 1.15 bits per heavy atom. The topological polar surface area (TPSA) is 66.0 Å². The van der Waals surface area contributed by atoms with Crippen LogP contribution in [0.2, 0.25) is 0 Å². The van der Waals surface area contributed by atoms with Crippen LogP contribution in [-0.4, -0.2) is 77.5 Å². The predicted octanol–water partition coefficient (Wildman–Crippen LogP) is 1.73. The monoisotopic (exact) mass is 386 g/mol. The summed E-state index contributed by atoms with van der Waals surface area (Å²) in [4.78, 5) is 6.99. The third kappa shape index (κ3) is 6.20. The number of hydrogen-bond acceptors (Lipinski definition) is 4. The maximum Gasteiger partial charge on any atom is 0.191 e. The van der Waals surface area contributed by atoms with Crippen LogP contribution in [0.5, 0.6) is 0 Å². The molecule has 7 heteroatoms. The van der Waals surface area contributed by atoms with Gasteiger partial charge in [-0.05, 0) is 33.6 Å². The summed E-state index contributed by atoms with van der Waals surface area (Å²) in [5.74, 6) is 1.45. The molecule has 1 atom stereocenters. The van der Waals surface area contributed by atoms with Gasteiger partial charge in [0.1, 0.15) is 0 Å². The molecule has 0 radical (unpaired) electrons. The summed E-state index contributed by atoms with van der Waals surface area (Å²) >= 11 is 0. The Hall–Kier alpha value is -0.660. The summed E-state index contributed by atoms with van der Waals surface area (Å²) < 4.78 is 17.6. The Morgan fingerprint density at radius 2 is 1.81 bits per heavy atom. The first-order valence-electron chi connectivity index (χ1n) is 10.0. The summed E-state index contributed by atoms with van der Waals surface area (Å²) in [6.45, 7) is 11.4. The fraction of sp³-hybridized carbons (Fsp3) is 0.947. The Morgan fingerprint density at radius 3 is 2.38 bits per heavy atom. The lowest BCUT2D eigenvalue weighted by Gasteiger charge is -2.48. The lowest BCUT2D eigenvalue weighted by Crippen LogP contribution is -2.60. The van der Waals surface area contributed by atoms with Gasteiger partial charge in [-0.2, -0.15) is 0 Å². The van der Waals surface area contributed by atoms with E-state index in [1.807, 2.05) is 20.8 Å². The van der Waals surface area contributed by atoms with Gasteiger partial charge in [-0.25, -0.2) is 0 Å². The highest BCUT2D eigenvalue weighted by Crippen LogP contribution is 2.33. The average molecular weight is 387 g/mol. The highest BCUT2D eigenvalue weighted by Gasteiger charge is 2.38. The second kappa shape index (κ2) is 10.0. The zero-order valence-electron chi connectivity index (χ0n) is 17.1. The Balaban J connectivity index is 1.86. The second-order valence-corrected chi connectivity index (χ2v) is 10.7. The smallest absolute Gasteiger partial charge is 0.191 e. The maximum absolute atomic E-state index is 12.2. The molecule has 0 spiro atoms. The minimum absolute atomic E-state index is 0.166. The Bertz CT molecular complexity index is 478. The first-order valence-corrected chi connectivity index (χ1v) is 11.4. The molecule has 0 amide bonds. The number of nitrogens with zero attached hydrogens (tertiary/aromatic N) is 2. The SMILES string of the molecule is CN=C(NCCS(=O)C(C)(C)C)NCC1(N2CCOCC2)CCCCC1. The van der Waals surface area contributed by atoms with Crippen molar-refractivity contribution >= 4 is 16.8 Å². The van der Waals surface area contributed by atoms with Crippen LogP contribution in [-0.2, 0) is 15.5 Å². The summed E-state index contributed by atoms with van der Waals surface area (Å²) in [6.07, 6.45) is 6.43. The fourth-order valence-electron chi connectivity index (χ4n) is 3.89. The number of ether oxygens (including phenoxy) is 1. The zero-order chi connectivity index (χ0) is 19.0. The summed E-state index contributed by atoms with van der Waals surface area (Å²) in [7, 11) is 0.960. The summed E-state index contributed by atoms with van der Waals surface area (Å²) in [5, 5.41) is 6.88. The Labute approximate surface area is 162 Å². The van der Waals surface area contributed by atoms with E-state index in [1.165, 1.54) is 32.1 Å². The van der Waals surface area contributed by atoms with Crippen molar-refractivity contribution in [3.8, 4) is 0 Å². The molecule has 1 aliphatic carbocycles. The molecule has 26 heavy (non-hydrogen) atoms. The van der Waals surface area contributed by atoms with Crippen molar-refractivity contribution in [3.05, 3.63) is 0 Å². The molecule has 0 aromatic rings. The number of nitrogens with one attached hydrogen (secondary N) is 2. The molecule has 0 aromatic heterocycles. The first-order chi connectivity index (χ1) is 12.4. The molecule has 1 saturated heterocycles. The van der Waals surface area contributed by atoms with E-state index in [0.717, 1.165) is 38.8 Å². The maximum atomic E-state index is 12.2. The largest absolute Gasteiger partial charge is 0.379 e. The van der Waals surface area contributed by atoms with Gasteiger partial charge in [0.15, 0.2) is 5.96 Å². The van der Waals surface area contributed by atoms with E-state index in [1.54, 1.807) is 7.05 Å². The molecule has 0 aromatic carbocycles. The standard InChI is InChI=1S/C19H38N4O2S/c1-18(2,3)26(24)15-10-21-17(20-4)22-16-19(8-6-5-7-9-19)23-11-13-25-14-12-23/h5-16H2,1-4H3,(H2,20,21,22). The predicted molar refractivity (Wildman–Crippen MR) is 110 cm³/mol. The quantitative estimate of drug-likeness (QED) is 0.538. The number of rotatable bonds is 6. The molecule has 2 N–H and O–H groups in total. The molecule has 2 fully saturated rings. The van der Waals surface area contributed by atoms with Gasteiger partial charge in [0.2, 0.25) is 0 Å². The minimum atomic E-state index is -0.844. The fourth-order valence-corrected chi connectivity index (χ4v) is 4.79. The molecule has 1 aliphatic heterocycles. The van der Waals surface area contributed by atoms with Gasteiger partial charge in [-0.15, -0.1) is 0 Å². The van der Waals surface area contributed by atoms with Crippen LogP contribution in [0.1, 0.15) is 52.9 Å². The number of guanidine groups is 1. The van der Waals surface area contributed by atoms with E-state index >= 15 is 0 Å². The van der Waals surface area contributed by atoms with Gasteiger partial charge in [0, 0.05) is 60.1 Å². The van der Waals surface area contributed by atoms with Gasteiger partial charge in [0.05, 0.1) is 13.2 Å². The zero-order valence-corrected chi connectivity index (χ0v) is 17.9. The van der Waals surface area contributed by atoms with Crippen molar-refractivity contribution in [1.82, 2.24) is 15.5 Å². The van der Waals surface area contributed by atoms with Crippen LogP contribution in [0.3, 0.4) is 0 Å². The number of hydrogen-bond donors (Lipinski definition) is 2. The average Bonchev–Trinajstić information content (AvgIpc) is 2.65. The van der Waals surface area contributed by atoms with Gasteiger partial charge in [-0.3, -0.25) is 14.1 Å². The van der Waals surface area contributed by atoms with Crippen molar-refractivity contribution < 1.29 is 8.95 Å². The summed E-state index contributed by atoms with van der Waals surface area (Å²) in [6, 6.07) is 0. The minimum Gasteiger partial charge on any atom is -0.379 e. The third-order valence-electron chi connectivity index (χ3n) is 5.54. The van der Waals surface area contributed by atoms with Crippen LogP contribution >= 0.6 is 0 Å². The molecular formula is C19H38N4O2S. The van der Waals surface area contributed by atoms with Crippen LogP contribution in [0.25, 0.3) is 0 Å². The molecule has 2 aliphatic rings. The molecule has 6 nitrogen and oxygen atoms in total. The van der Waals surface area contributed by atoms with E-state index in [9.17, 15) is 4.21 Å². The van der Waals surface area contributed by atoms with Gasteiger partial charge < -0.3 is 15.4 Å². The van der Waals surface area contributed by atoms with Gasteiger partial charge in [0.25, 0.3) is 0 Å². The molecule has 2 rings (SSSR count).